The Morgan fingerprint density at radius 3 is 2.44 bits per heavy atom. The fourth-order valence-corrected chi connectivity index (χ4v) is 4.58. The molecule has 2 fully saturated rings. The molecule has 1 atom stereocenters. The fourth-order valence-electron chi connectivity index (χ4n) is 4.58. The Balaban J connectivity index is 1.61. The van der Waals surface area contributed by atoms with E-state index in [-0.39, 0.29) is 5.91 Å². The lowest BCUT2D eigenvalue weighted by molar-refractivity contribution is 0.0661. The Kier molecular flexibility index (Phi) is 4.45. The first-order chi connectivity index (χ1) is 12.1. The SMILES string of the molecule is Cc1nc2ccc(C(=O)N3CCCC3C3CCCCC3)cc2nc1C. The van der Waals surface area contributed by atoms with Gasteiger partial charge in [0.2, 0.25) is 0 Å². The van der Waals surface area contributed by atoms with E-state index < -0.39 is 0 Å². The van der Waals surface area contributed by atoms with E-state index in [0.29, 0.717) is 12.0 Å². The minimum Gasteiger partial charge on any atom is -0.335 e. The molecule has 0 radical (unpaired) electrons. The van der Waals surface area contributed by atoms with E-state index in [1.54, 1.807) is 0 Å². The summed E-state index contributed by atoms with van der Waals surface area (Å²) in [4.78, 5) is 24.5. The highest BCUT2D eigenvalue weighted by Gasteiger charge is 2.35. The van der Waals surface area contributed by atoms with Gasteiger partial charge in [0.1, 0.15) is 0 Å². The number of nitrogens with zero attached hydrogens (tertiary/aromatic N) is 3. The fraction of sp³-hybridized carbons (Fsp3) is 0.571. The summed E-state index contributed by atoms with van der Waals surface area (Å²) in [5, 5.41) is 0. The predicted molar refractivity (Wildman–Crippen MR) is 99.6 cm³/mol. The third-order valence-electron chi connectivity index (χ3n) is 6.08. The van der Waals surface area contributed by atoms with E-state index in [2.05, 4.69) is 14.9 Å². The molecular formula is C21H27N3O. The molecule has 1 aromatic heterocycles. The second-order valence-corrected chi connectivity index (χ2v) is 7.70. The Hall–Kier alpha value is -1.97. The number of fused-ring (bicyclic) bond motifs is 1. The van der Waals surface area contributed by atoms with Crippen LogP contribution in [0, 0.1) is 19.8 Å². The highest BCUT2D eigenvalue weighted by molar-refractivity contribution is 5.97. The topological polar surface area (TPSA) is 46.1 Å². The van der Waals surface area contributed by atoms with Gasteiger partial charge in [-0.1, -0.05) is 19.3 Å². The number of hydrogen-bond donors (Lipinski definition) is 0. The molecule has 4 heteroatoms. The molecule has 1 aliphatic carbocycles. The summed E-state index contributed by atoms with van der Waals surface area (Å²) >= 11 is 0. The second kappa shape index (κ2) is 6.74. The molecule has 2 aliphatic rings. The van der Waals surface area contributed by atoms with Gasteiger partial charge >= 0.3 is 0 Å². The molecule has 0 bridgehead atoms. The van der Waals surface area contributed by atoms with E-state index >= 15 is 0 Å². The molecule has 1 saturated carbocycles. The first kappa shape index (κ1) is 16.5. The highest BCUT2D eigenvalue weighted by Crippen LogP contribution is 2.35. The normalized spacial score (nSPS) is 21.8. The minimum absolute atomic E-state index is 0.176. The number of aryl methyl sites for hydroxylation is 2. The number of hydrogen-bond acceptors (Lipinski definition) is 3. The number of carbonyl (C=O) groups is 1. The van der Waals surface area contributed by atoms with E-state index in [1.165, 1.54) is 38.5 Å². The van der Waals surface area contributed by atoms with Crippen molar-refractivity contribution in [2.24, 2.45) is 5.92 Å². The molecule has 4 nitrogen and oxygen atoms in total. The van der Waals surface area contributed by atoms with Gasteiger partial charge < -0.3 is 4.90 Å². The summed E-state index contributed by atoms with van der Waals surface area (Å²) in [6, 6.07) is 6.22. The zero-order valence-electron chi connectivity index (χ0n) is 15.3. The molecule has 132 valence electrons. The monoisotopic (exact) mass is 337 g/mol. The molecule has 0 N–H and O–H groups in total. The molecular weight excluding hydrogens is 310 g/mol. The largest absolute Gasteiger partial charge is 0.335 e. The maximum absolute atomic E-state index is 13.2. The van der Waals surface area contributed by atoms with E-state index in [4.69, 9.17) is 0 Å². The minimum atomic E-state index is 0.176. The lowest BCUT2D eigenvalue weighted by Gasteiger charge is -2.34. The quantitative estimate of drug-likeness (QED) is 0.814. The summed E-state index contributed by atoms with van der Waals surface area (Å²) in [7, 11) is 0. The molecule has 2 aromatic rings. The summed E-state index contributed by atoms with van der Waals surface area (Å²) < 4.78 is 0. The van der Waals surface area contributed by atoms with E-state index in [0.717, 1.165) is 41.0 Å². The van der Waals surface area contributed by atoms with Crippen molar-refractivity contribution >= 4 is 16.9 Å². The smallest absolute Gasteiger partial charge is 0.254 e. The zero-order valence-corrected chi connectivity index (χ0v) is 15.3. The second-order valence-electron chi connectivity index (χ2n) is 7.70. The summed E-state index contributed by atoms with van der Waals surface area (Å²) in [6.07, 6.45) is 8.90. The van der Waals surface area contributed by atoms with Gasteiger partial charge in [-0.3, -0.25) is 4.79 Å². The summed E-state index contributed by atoms with van der Waals surface area (Å²) in [5.41, 5.74) is 4.32. The van der Waals surface area contributed by atoms with Crippen LogP contribution in [0.5, 0.6) is 0 Å². The van der Waals surface area contributed by atoms with E-state index in [1.807, 2.05) is 32.0 Å². The number of benzene rings is 1. The van der Waals surface area contributed by atoms with Crippen LogP contribution in [-0.2, 0) is 0 Å². The number of likely N-dealkylation sites (tertiary alicyclic amines) is 1. The lowest BCUT2D eigenvalue weighted by atomic mass is 9.83. The summed E-state index contributed by atoms with van der Waals surface area (Å²) in [5.74, 6) is 0.875. The van der Waals surface area contributed by atoms with Gasteiger partial charge in [-0.25, -0.2) is 9.97 Å². The van der Waals surface area contributed by atoms with Crippen molar-refractivity contribution in [1.82, 2.24) is 14.9 Å². The van der Waals surface area contributed by atoms with Crippen molar-refractivity contribution in [2.75, 3.05) is 6.54 Å². The number of carbonyl (C=O) groups excluding carboxylic acids is 1. The third-order valence-corrected chi connectivity index (χ3v) is 6.08. The predicted octanol–water partition coefficient (Wildman–Crippen LogP) is 4.43. The van der Waals surface area contributed by atoms with Crippen LogP contribution in [0.4, 0.5) is 0 Å². The van der Waals surface area contributed by atoms with E-state index in [9.17, 15) is 4.79 Å². The van der Waals surface area contributed by atoms with Crippen molar-refractivity contribution in [3.63, 3.8) is 0 Å². The average molecular weight is 337 g/mol. The van der Waals surface area contributed by atoms with Crippen LogP contribution in [0.15, 0.2) is 18.2 Å². The van der Waals surface area contributed by atoms with Crippen molar-refractivity contribution in [3.05, 3.63) is 35.2 Å². The van der Waals surface area contributed by atoms with Crippen LogP contribution < -0.4 is 0 Å². The molecule has 25 heavy (non-hydrogen) atoms. The van der Waals surface area contributed by atoms with Crippen LogP contribution in [0.2, 0.25) is 0 Å². The maximum Gasteiger partial charge on any atom is 0.254 e. The number of aromatic nitrogens is 2. The third kappa shape index (κ3) is 3.14. The molecule has 1 unspecified atom stereocenters. The Bertz CT molecular complexity index is 795. The van der Waals surface area contributed by atoms with Crippen LogP contribution in [-0.4, -0.2) is 33.4 Å². The van der Waals surface area contributed by atoms with Gasteiger partial charge in [-0.05, 0) is 63.6 Å². The molecule has 4 rings (SSSR count). The average Bonchev–Trinajstić information content (AvgIpc) is 3.12. The van der Waals surface area contributed by atoms with Crippen LogP contribution in [0.1, 0.15) is 66.7 Å². The zero-order chi connectivity index (χ0) is 17.4. The van der Waals surface area contributed by atoms with Gasteiger partial charge in [0.25, 0.3) is 5.91 Å². The Morgan fingerprint density at radius 1 is 0.960 bits per heavy atom. The molecule has 1 aliphatic heterocycles. The van der Waals surface area contributed by atoms with Gasteiger partial charge in [-0.2, -0.15) is 0 Å². The maximum atomic E-state index is 13.2. The van der Waals surface area contributed by atoms with Crippen LogP contribution >= 0.6 is 0 Å². The van der Waals surface area contributed by atoms with Gasteiger partial charge in [0.15, 0.2) is 0 Å². The van der Waals surface area contributed by atoms with Crippen molar-refractivity contribution in [3.8, 4) is 0 Å². The van der Waals surface area contributed by atoms with Gasteiger partial charge in [0, 0.05) is 18.2 Å². The Labute approximate surface area is 149 Å². The molecule has 1 amide bonds. The number of rotatable bonds is 2. The molecule has 2 heterocycles. The molecule has 0 spiro atoms. The standard InChI is InChI=1S/C21H27N3O/c1-14-15(2)23-19-13-17(10-11-18(19)22-14)21(25)24-12-6-9-20(24)16-7-4-3-5-8-16/h10-11,13,16,20H,3-9,12H2,1-2H3. The highest BCUT2D eigenvalue weighted by atomic mass is 16.2. The van der Waals surface area contributed by atoms with Crippen molar-refractivity contribution in [2.45, 2.75) is 64.8 Å². The van der Waals surface area contributed by atoms with Crippen molar-refractivity contribution in [1.29, 1.82) is 0 Å². The van der Waals surface area contributed by atoms with Crippen LogP contribution in [0.3, 0.4) is 0 Å². The number of amides is 1. The first-order valence-corrected chi connectivity index (χ1v) is 9.69. The lowest BCUT2D eigenvalue weighted by Crippen LogP contribution is -2.40. The Morgan fingerprint density at radius 2 is 1.68 bits per heavy atom. The first-order valence-electron chi connectivity index (χ1n) is 9.69. The van der Waals surface area contributed by atoms with Gasteiger partial charge in [0.05, 0.1) is 22.4 Å². The van der Waals surface area contributed by atoms with Crippen molar-refractivity contribution < 1.29 is 4.79 Å². The molecule has 1 saturated heterocycles. The summed E-state index contributed by atoms with van der Waals surface area (Å²) in [6.45, 7) is 4.84. The van der Waals surface area contributed by atoms with Crippen LogP contribution in [0.25, 0.3) is 11.0 Å². The molecule has 1 aromatic carbocycles. The van der Waals surface area contributed by atoms with Gasteiger partial charge in [-0.15, -0.1) is 0 Å².